The number of non-ortho nitro benzene ring substituents is 1. The van der Waals surface area contributed by atoms with Gasteiger partial charge in [-0.2, -0.15) is 0 Å². The van der Waals surface area contributed by atoms with E-state index in [0.29, 0.717) is 5.01 Å². The molecule has 0 fully saturated rings. The third-order valence-corrected chi connectivity index (χ3v) is 4.92. The number of ether oxygens (including phenoxy) is 1. The summed E-state index contributed by atoms with van der Waals surface area (Å²) in [7, 11) is 0. The van der Waals surface area contributed by atoms with Crippen molar-refractivity contribution in [1.29, 1.82) is 0 Å². The smallest absolute Gasteiger partial charge is 0.357 e. The van der Waals surface area contributed by atoms with Crippen molar-refractivity contribution in [2.24, 2.45) is 0 Å². The van der Waals surface area contributed by atoms with Gasteiger partial charge in [-0.25, -0.2) is 9.78 Å². The van der Waals surface area contributed by atoms with E-state index in [4.69, 9.17) is 16.3 Å². The van der Waals surface area contributed by atoms with E-state index in [0.717, 1.165) is 6.07 Å². The molecule has 0 saturated heterocycles. The summed E-state index contributed by atoms with van der Waals surface area (Å²) < 4.78 is 4.93. The van der Waals surface area contributed by atoms with Crippen LogP contribution in [0.15, 0.2) is 23.6 Å². The van der Waals surface area contributed by atoms with Gasteiger partial charge in [-0.1, -0.05) is 11.6 Å². The Bertz CT molecular complexity index is 907. The van der Waals surface area contributed by atoms with E-state index >= 15 is 0 Å². The first-order chi connectivity index (χ1) is 13.0. The fourth-order valence-electron chi connectivity index (χ4n) is 2.37. The Kier molecular flexibility index (Phi) is 6.73. The number of nitro groups is 1. The van der Waals surface area contributed by atoms with Crippen LogP contribution in [-0.4, -0.2) is 38.8 Å². The highest BCUT2D eigenvalue weighted by atomic mass is 35.5. The first-order valence-electron chi connectivity index (χ1n) is 8.42. The van der Waals surface area contributed by atoms with Gasteiger partial charge in [0.1, 0.15) is 5.01 Å². The number of esters is 1. The van der Waals surface area contributed by atoms with E-state index in [9.17, 15) is 19.7 Å². The van der Waals surface area contributed by atoms with Gasteiger partial charge in [-0.3, -0.25) is 14.9 Å². The molecule has 8 nitrogen and oxygen atoms in total. The summed E-state index contributed by atoms with van der Waals surface area (Å²) in [6.07, 6.45) is 0. The molecule has 1 heterocycles. The lowest BCUT2D eigenvalue weighted by molar-refractivity contribution is -0.384. The Balaban J connectivity index is 2.31. The standard InChI is InChI=1S/C18H20ClN3O5S/c1-5-27-17(24)14-10-28-15(20-14)9-21(18(2,3)4)16(23)12-7-6-11(22(25)26)8-13(12)19/h6-8,10H,5,9H2,1-4H3. The predicted molar refractivity (Wildman–Crippen MR) is 106 cm³/mol. The fourth-order valence-corrected chi connectivity index (χ4v) is 3.37. The molecule has 0 saturated carbocycles. The summed E-state index contributed by atoms with van der Waals surface area (Å²) in [5, 5.41) is 13.0. The Morgan fingerprint density at radius 1 is 1.36 bits per heavy atom. The highest BCUT2D eigenvalue weighted by Gasteiger charge is 2.30. The van der Waals surface area contributed by atoms with Crippen LogP contribution in [0.1, 0.15) is 53.5 Å². The summed E-state index contributed by atoms with van der Waals surface area (Å²) in [5.41, 5.74) is -0.429. The third kappa shape index (κ3) is 5.05. The Morgan fingerprint density at radius 3 is 2.57 bits per heavy atom. The second kappa shape index (κ2) is 8.66. The fraction of sp³-hybridized carbons (Fsp3) is 0.389. The third-order valence-electron chi connectivity index (χ3n) is 3.78. The van der Waals surface area contributed by atoms with Crippen LogP contribution in [0.4, 0.5) is 5.69 Å². The van der Waals surface area contributed by atoms with Crippen LogP contribution in [0.2, 0.25) is 5.02 Å². The Morgan fingerprint density at radius 2 is 2.04 bits per heavy atom. The van der Waals surface area contributed by atoms with Crippen molar-refractivity contribution in [3.63, 3.8) is 0 Å². The van der Waals surface area contributed by atoms with Crippen molar-refractivity contribution in [3.05, 3.63) is 55.0 Å². The molecule has 0 aliphatic heterocycles. The molecule has 0 atom stereocenters. The van der Waals surface area contributed by atoms with Crippen molar-refractivity contribution >= 4 is 40.5 Å². The molecule has 2 rings (SSSR count). The molecule has 1 aromatic heterocycles. The molecular formula is C18H20ClN3O5S. The number of thiazole rings is 1. The van der Waals surface area contributed by atoms with Crippen LogP contribution in [-0.2, 0) is 11.3 Å². The van der Waals surface area contributed by atoms with Crippen LogP contribution < -0.4 is 0 Å². The lowest BCUT2D eigenvalue weighted by Gasteiger charge is -2.35. The number of hydrogen-bond acceptors (Lipinski definition) is 7. The van der Waals surface area contributed by atoms with Crippen molar-refractivity contribution < 1.29 is 19.2 Å². The zero-order chi connectivity index (χ0) is 21.1. The first-order valence-corrected chi connectivity index (χ1v) is 9.67. The van der Waals surface area contributed by atoms with Gasteiger partial charge in [-0.15, -0.1) is 11.3 Å². The maximum Gasteiger partial charge on any atom is 0.357 e. The van der Waals surface area contributed by atoms with Crippen molar-refractivity contribution in [1.82, 2.24) is 9.88 Å². The second-order valence-electron chi connectivity index (χ2n) is 6.83. The Hall–Kier alpha value is -2.52. The number of nitrogens with zero attached hydrogens (tertiary/aromatic N) is 3. The first kappa shape index (κ1) is 21.8. The molecule has 10 heteroatoms. The average molecular weight is 426 g/mol. The molecule has 1 amide bonds. The van der Waals surface area contributed by atoms with Gasteiger partial charge in [0, 0.05) is 23.1 Å². The monoisotopic (exact) mass is 425 g/mol. The van der Waals surface area contributed by atoms with Crippen molar-refractivity contribution in [2.75, 3.05) is 6.61 Å². The van der Waals surface area contributed by atoms with Crippen molar-refractivity contribution in [2.45, 2.75) is 39.8 Å². The summed E-state index contributed by atoms with van der Waals surface area (Å²) in [6.45, 7) is 7.66. The maximum atomic E-state index is 13.1. The van der Waals surface area contributed by atoms with Gasteiger partial charge in [0.05, 0.1) is 28.7 Å². The number of hydrogen-bond donors (Lipinski definition) is 0. The zero-order valence-electron chi connectivity index (χ0n) is 15.9. The molecule has 0 N–H and O–H groups in total. The minimum atomic E-state index is -0.585. The van der Waals surface area contributed by atoms with Gasteiger partial charge in [0.25, 0.3) is 11.6 Å². The van der Waals surface area contributed by atoms with E-state index in [1.54, 1.807) is 17.2 Å². The topological polar surface area (TPSA) is 103 Å². The zero-order valence-corrected chi connectivity index (χ0v) is 17.5. The molecule has 0 radical (unpaired) electrons. The van der Waals surface area contributed by atoms with E-state index in [1.165, 1.54) is 23.5 Å². The molecule has 2 aromatic rings. The summed E-state index contributed by atoms with van der Waals surface area (Å²) in [5.74, 6) is -0.905. The molecule has 0 aliphatic carbocycles. The Labute approximate surface area is 171 Å². The van der Waals surface area contributed by atoms with Crippen LogP contribution in [0.5, 0.6) is 0 Å². The van der Waals surface area contributed by atoms with E-state index in [-0.39, 0.29) is 41.0 Å². The van der Waals surface area contributed by atoms with E-state index in [1.807, 2.05) is 20.8 Å². The molecule has 28 heavy (non-hydrogen) atoms. The molecule has 0 bridgehead atoms. The highest BCUT2D eigenvalue weighted by molar-refractivity contribution is 7.09. The number of nitro benzene ring substituents is 1. The molecule has 0 aliphatic rings. The molecule has 0 unspecified atom stereocenters. The SMILES string of the molecule is CCOC(=O)c1csc(CN(C(=O)c2ccc([N+](=O)[O-])cc2Cl)C(C)(C)C)n1. The van der Waals surface area contributed by atoms with Gasteiger partial charge in [0.15, 0.2) is 5.69 Å². The number of carbonyl (C=O) groups is 2. The van der Waals surface area contributed by atoms with E-state index in [2.05, 4.69) is 4.98 Å². The van der Waals surface area contributed by atoms with Crippen LogP contribution in [0.25, 0.3) is 0 Å². The lowest BCUT2D eigenvalue weighted by Crippen LogP contribution is -2.45. The summed E-state index contributed by atoms with van der Waals surface area (Å²) in [4.78, 5) is 41.0. The minimum Gasteiger partial charge on any atom is -0.461 e. The van der Waals surface area contributed by atoms with E-state index < -0.39 is 16.4 Å². The summed E-state index contributed by atoms with van der Waals surface area (Å²) >= 11 is 7.36. The molecule has 1 aromatic carbocycles. The van der Waals surface area contributed by atoms with Gasteiger partial charge in [-0.05, 0) is 33.8 Å². The number of benzene rings is 1. The highest BCUT2D eigenvalue weighted by Crippen LogP contribution is 2.28. The number of amides is 1. The number of rotatable bonds is 6. The molecule has 150 valence electrons. The van der Waals surface area contributed by atoms with Crippen LogP contribution in [0, 0.1) is 10.1 Å². The maximum absolute atomic E-state index is 13.1. The van der Waals surface area contributed by atoms with Crippen LogP contribution in [0.3, 0.4) is 0 Å². The van der Waals surface area contributed by atoms with Gasteiger partial charge >= 0.3 is 5.97 Å². The normalized spacial score (nSPS) is 11.2. The molecular weight excluding hydrogens is 406 g/mol. The minimum absolute atomic E-state index is 0.000184. The largest absolute Gasteiger partial charge is 0.461 e. The summed E-state index contributed by atoms with van der Waals surface area (Å²) in [6, 6.07) is 3.73. The second-order valence-corrected chi connectivity index (χ2v) is 8.18. The number of halogens is 1. The number of aromatic nitrogens is 1. The molecule has 0 spiro atoms. The van der Waals surface area contributed by atoms with Gasteiger partial charge < -0.3 is 9.64 Å². The van der Waals surface area contributed by atoms with Crippen molar-refractivity contribution in [3.8, 4) is 0 Å². The average Bonchev–Trinajstić information content (AvgIpc) is 3.07. The quantitative estimate of drug-likeness (QED) is 0.388. The number of carbonyl (C=O) groups excluding carboxylic acids is 2. The lowest BCUT2D eigenvalue weighted by atomic mass is 10.0. The van der Waals surface area contributed by atoms with Gasteiger partial charge in [0.2, 0.25) is 0 Å². The van der Waals surface area contributed by atoms with Crippen LogP contribution >= 0.6 is 22.9 Å². The predicted octanol–water partition coefficient (Wildman–Crippen LogP) is 4.32.